The number of hydrogen-bond acceptors (Lipinski definition) is 3. The van der Waals surface area contributed by atoms with Gasteiger partial charge in [0.1, 0.15) is 12.4 Å². The number of rotatable bonds is 9. The second kappa shape index (κ2) is 10.7. The highest BCUT2D eigenvalue weighted by Crippen LogP contribution is 2.21. The molecule has 0 amide bonds. The van der Waals surface area contributed by atoms with E-state index in [-0.39, 0.29) is 0 Å². The minimum absolute atomic E-state index is 0.532. The number of aromatic nitrogens is 1. The zero-order valence-electron chi connectivity index (χ0n) is 18.3. The third-order valence-corrected chi connectivity index (χ3v) is 5.05. The summed E-state index contributed by atoms with van der Waals surface area (Å²) in [7, 11) is 3.46. The molecule has 30 heavy (non-hydrogen) atoms. The summed E-state index contributed by atoms with van der Waals surface area (Å²) in [4.78, 5) is 7.71. The van der Waals surface area contributed by atoms with Crippen molar-refractivity contribution in [2.75, 3.05) is 33.9 Å². The molecule has 0 atom stereocenters. The predicted molar refractivity (Wildman–Crippen MR) is 123 cm³/mol. The topological polar surface area (TPSA) is 70.7 Å². The minimum atomic E-state index is 0.532. The Labute approximate surface area is 178 Å². The highest BCUT2D eigenvalue weighted by molar-refractivity contribution is 5.84. The van der Waals surface area contributed by atoms with Crippen LogP contribution in [0.1, 0.15) is 22.3 Å². The van der Waals surface area contributed by atoms with Gasteiger partial charge in [0, 0.05) is 49.9 Å². The maximum absolute atomic E-state index is 5.87. The number of aryl methyl sites for hydroxylation is 2. The van der Waals surface area contributed by atoms with Crippen molar-refractivity contribution in [2.24, 2.45) is 4.99 Å². The van der Waals surface area contributed by atoms with E-state index in [1.165, 1.54) is 27.6 Å². The van der Waals surface area contributed by atoms with Crippen LogP contribution in [0.3, 0.4) is 0 Å². The van der Waals surface area contributed by atoms with E-state index in [0.29, 0.717) is 19.8 Å². The van der Waals surface area contributed by atoms with E-state index >= 15 is 0 Å². The van der Waals surface area contributed by atoms with Gasteiger partial charge in [0.15, 0.2) is 5.96 Å². The van der Waals surface area contributed by atoms with Crippen molar-refractivity contribution in [3.05, 3.63) is 64.8 Å². The maximum Gasteiger partial charge on any atom is 0.191 e. The van der Waals surface area contributed by atoms with Gasteiger partial charge in [-0.05, 0) is 49.1 Å². The lowest BCUT2D eigenvalue weighted by atomic mass is 10.1. The van der Waals surface area contributed by atoms with Crippen molar-refractivity contribution < 1.29 is 9.47 Å². The molecule has 0 unspecified atom stereocenters. The van der Waals surface area contributed by atoms with E-state index in [4.69, 9.17) is 9.47 Å². The summed E-state index contributed by atoms with van der Waals surface area (Å²) in [5, 5.41) is 8.06. The van der Waals surface area contributed by atoms with Gasteiger partial charge in [-0.2, -0.15) is 0 Å². The van der Waals surface area contributed by atoms with E-state index < -0.39 is 0 Å². The number of nitrogens with one attached hydrogen (secondary N) is 3. The average molecular weight is 409 g/mol. The van der Waals surface area contributed by atoms with Crippen LogP contribution < -0.4 is 15.4 Å². The van der Waals surface area contributed by atoms with E-state index in [0.717, 1.165) is 30.2 Å². The lowest BCUT2D eigenvalue weighted by molar-refractivity contribution is 0.145. The van der Waals surface area contributed by atoms with Gasteiger partial charge >= 0.3 is 0 Å². The van der Waals surface area contributed by atoms with Crippen LogP contribution in [-0.2, 0) is 17.7 Å². The van der Waals surface area contributed by atoms with Gasteiger partial charge in [0.2, 0.25) is 0 Å². The number of aliphatic imine (C=N–C) groups is 1. The fraction of sp³-hybridized carbons (Fsp3) is 0.375. The number of guanidine groups is 1. The lowest BCUT2D eigenvalue weighted by Crippen LogP contribution is -2.37. The fourth-order valence-corrected chi connectivity index (χ4v) is 3.40. The molecule has 0 spiro atoms. The van der Waals surface area contributed by atoms with Crippen molar-refractivity contribution in [3.63, 3.8) is 0 Å². The van der Waals surface area contributed by atoms with Gasteiger partial charge in [-0.25, -0.2) is 0 Å². The first-order chi connectivity index (χ1) is 14.6. The second-order valence-corrected chi connectivity index (χ2v) is 7.42. The molecule has 0 fully saturated rings. The summed E-state index contributed by atoms with van der Waals surface area (Å²) < 4.78 is 11.0. The first-order valence-electron chi connectivity index (χ1n) is 10.3. The number of methoxy groups -OCH3 is 1. The molecule has 3 N–H and O–H groups in total. The van der Waals surface area contributed by atoms with Crippen molar-refractivity contribution >= 4 is 16.9 Å². The average Bonchev–Trinajstić information content (AvgIpc) is 3.13. The van der Waals surface area contributed by atoms with Crippen LogP contribution in [0, 0.1) is 13.8 Å². The Balaban J connectivity index is 1.53. The molecule has 0 aliphatic rings. The van der Waals surface area contributed by atoms with Crippen LogP contribution >= 0.6 is 0 Å². The summed E-state index contributed by atoms with van der Waals surface area (Å²) >= 11 is 0. The normalized spacial score (nSPS) is 11.7. The number of aromatic amines is 1. The Hall–Kier alpha value is -2.99. The number of hydrogen-bond donors (Lipinski definition) is 3. The molecule has 0 saturated heterocycles. The Morgan fingerprint density at radius 2 is 1.80 bits per heavy atom. The molecule has 1 aromatic heterocycles. The quantitative estimate of drug-likeness (QED) is 0.287. The van der Waals surface area contributed by atoms with E-state index in [1.807, 2.05) is 0 Å². The molecule has 3 aromatic rings. The molecule has 1 heterocycles. The number of benzene rings is 2. The maximum atomic E-state index is 5.87. The molecule has 3 rings (SSSR count). The first kappa shape index (κ1) is 21.7. The number of fused-ring (bicyclic) bond motifs is 1. The van der Waals surface area contributed by atoms with E-state index in [2.05, 4.69) is 77.1 Å². The number of ether oxygens (including phenoxy) is 2. The Kier molecular flexibility index (Phi) is 7.74. The van der Waals surface area contributed by atoms with Crippen LogP contribution in [0.15, 0.2) is 47.6 Å². The van der Waals surface area contributed by atoms with Gasteiger partial charge in [-0.3, -0.25) is 4.99 Å². The van der Waals surface area contributed by atoms with Gasteiger partial charge in [-0.1, -0.05) is 24.3 Å². The van der Waals surface area contributed by atoms with Gasteiger partial charge in [-0.15, -0.1) is 0 Å². The van der Waals surface area contributed by atoms with Crippen LogP contribution in [0.4, 0.5) is 0 Å². The molecule has 160 valence electrons. The molecule has 6 heteroatoms. The van der Waals surface area contributed by atoms with Crippen LogP contribution in [0.2, 0.25) is 0 Å². The lowest BCUT2D eigenvalue weighted by Gasteiger charge is -2.15. The largest absolute Gasteiger partial charge is 0.491 e. The van der Waals surface area contributed by atoms with Crippen molar-refractivity contribution in [1.82, 2.24) is 15.6 Å². The summed E-state index contributed by atoms with van der Waals surface area (Å²) in [5.41, 5.74) is 6.02. The van der Waals surface area contributed by atoms with Crippen molar-refractivity contribution in [1.29, 1.82) is 0 Å². The Morgan fingerprint density at radius 1 is 1.00 bits per heavy atom. The summed E-state index contributed by atoms with van der Waals surface area (Å²) in [6.45, 7) is 6.70. The first-order valence-corrected chi connectivity index (χ1v) is 10.3. The zero-order chi connectivity index (χ0) is 21.3. The zero-order valence-corrected chi connectivity index (χ0v) is 18.3. The molecule has 0 aliphatic carbocycles. The monoisotopic (exact) mass is 408 g/mol. The third-order valence-electron chi connectivity index (χ3n) is 5.05. The number of nitrogens with zero attached hydrogens (tertiary/aromatic N) is 1. The Morgan fingerprint density at radius 3 is 2.60 bits per heavy atom. The predicted octanol–water partition coefficient (Wildman–Crippen LogP) is 3.72. The van der Waals surface area contributed by atoms with E-state index in [9.17, 15) is 0 Å². The highest BCUT2D eigenvalue weighted by Gasteiger charge is 2.07. The standard InChI is InChI=1S/C24H32N4O2/c1-17-6-8-21-19(15-27-22(21)13-17)9-10-26-24(25-3)28-16-20-7-5-18(2)14-23(20)30-12-11-29-4/h5-8,13-15,27H,9-12,16H2,1-4H3,(H2,25,26,28). The molecule has 6 nitrogen and oxygen atoms in total. The molecule has 0 bridgehead atoms. The van der Waals surface area contributed by atoms with Crippen molar-refractivity contribution in [3.8, 4) is 5.75 Å². The summed E-state index contributed by atoms with van der Waals surface area (Å²) in [5.74, 6) is 1.65. The van der Waals surface area contributed by atoms with Gasteiger partial charge < -0.3 is 25.1 Å². The second-order valence-electron chi connectivity index (χ2n) is 7.42. The van der Waals surface area contributed by atoms with Crippen molar-refractivity contribution in [2.45, 2.75) is 26.8 Å². The molecule has 0 saturated carbocycles. The summed E-state index contributed by atoms with van der Waals surface area (Å²) in [6, 6.07) is 12.8. The van der Waals surface area contributed by atoms with Crippen LogP contribution in [-0.4, -0.2) is 44.9 Å². The van der Waals surface area contributed by atoms with Gasteiger partial charge in [0.05, 0.1) is 6.61 Å². The number of H-pyrrole nitrogens is 1. The van der Waals surface area contributed by atoms with Crippen LogP contribution in [0.5, 0.6) is 5.75 Å². The summed E-state index contributed by atoms with van der Waals surface area (Å²) in [6.07, 6.45) is 3.01. The molecular formula is C24H32N4O2. The highest BCUT2D eigenvalue weighted by atomic mass is 16.5. The van der Waals surface area contributed by atoms with Gasteiger partial charge in [0.25, 0.3) is 0 Å². The third kappa shape index (κ3) is 5.76. The minimum Gasteiger partial charge on any atom is -0.491 e. The fourth-order valence-electron chi connectivity index (χ4n) is 3.40. The smallest absolute Gasteiger partial charge is 0.191 e. The molecule has 0 aliphatic heterocycles. The SMILES string of the molecule is CN=C(NCCc1c[nH]c2cc(C)ccc12)NCc1ccc(C)cc1OCCOC. The molecule has 0 radical (unpaired) electrons. The van der Waals surface area contributed by atoms with E-state index in [1.54, 1.807) is 14.2 Å². The molecule has 2 aromatic carbocycles. The Bertz CT molecular complexity index is 994. The van der Waals surface area contributed by atoms with Crippen LogP contribution in [0.25, 0.3) is 10.9 Å². The molecular weight excluding hydrogens is 376 g/mol.